The number of morpholine rings is 1. The van der Waals surface area contributed by atoms with Gasteiger partial charge in [-0.05, 0) is 55.5 Å². The lowest BCUT2D eigenvalue weighted by Gasteiger charge is -2.39. The number of rotatable bonds is 4. The summed E-state index contributed by atoms with van der Waals surface area (Å²) in [6, 6.07) is 2.08. The highest BCUT2D eigenvalue weighted by atomic mass is 32.1. The molecule has 0 bridgehead atoms. The topological polar surface area (TPSA) is 49.9 Å². The Kier molecular flexibility index (Phi) is 6.12. The molecule has 2 atom stereocenters. The Labute approximate surface area is 153 Å². The highest BCUT2D eigenvalue weighted by Crippen LogP contribution is 2.23. The number of amides is 2. The lowest BCUT2D eigenvalue weighted by atomic mass is 9.94. The van der Waals surface area contributed by atoms with Crippen molar-refractivity contribution in [3.05, 3.63) is 22.4 Å². The van der Waals surface area contributed by atoms with Crippen LogP contribution in [0.2, 0.25) is 0 Å². The second-order valence-electron chi connectivity index (χ2n) is 7.29. The highest BCUT2D eigenvalue weighted by Gasteiger charge is 2.33. The van der Waals surface area contributed by atoms with Crippen LogP contribution in [0.4, 0.5) is 0 Å². The molecular formula is C19H28N2O3S. The van der Waals surface area contributed by atoms with Crippen molar-refractivity contribution < 1.29 is 14.3 Å². The molecular weight excluding hydrogens is 336 g/mol. The Morgan fingerprint density at radius 1 is 1.16 bits per heavy atom. The van der Waals surface area contributed by atoms with Gasteiger partial charge in [0.15, 0.2) is 0 Å². The summed E-state index contributed by atoms with van der Waals surface area (Å²) in [4.78, 5) is 29.0. The zero-order chi connectivity index (χ0) is 17.8. The van der Waals surface area contributed by atoms with Crippen LogP contribution in [0.25, 0.3) is 0 Å². The van der Waals surface area contributed by atoms with Crippen molar-refractivity contribution in [2.45, 2.75) is 51.7 Å². The minimum atomic E-state index is 0.0541. The zero-order valence-electron chi connectivity index (χ0n) is 15.1. The van der Waals surface area contributed by atoms with Crippen molar-refractivity contribution >= 4 is 23.2 Å². The molecule has 2 saturated heterocycles. The van der Waals surface area contributed by atoms with Crippen LogP contribution in [-0.2, 0) is 20.7 Å². The van der Waals surface area contributed by atoms with Crippen LogP contribution < -0.4 is 0 Å². The monoisotopic (exact) mass is 364 g/mol. The summed E-state index contributed by atoms with van der Waals surface area (Å²) in [7, 11) is 0. The molecule has 0 N–H and O–H groups in total. The van der Waals surface area contributed by atoms with Crippen LogP contribution in [0.1, 0.15) is 38.7 Å². The third-order valence-corrected chi connectivity index (χ3v) is 5.87. The van der Waals surface area contributed by atoms with E-state index in [1.807, 2.05) is 29.0 Å². The fourth-order valence-electron chi connectivity index (χ4n) is 3.84. The van der Waals surface area contributed by atoms with E-state index in [-0.39, 0.29) is 29.9 Å². The molecule has 0 spiro atoms. The van der Waals surface area contributed by atoms with Crippen molar-refractivity contribution in [1.29, 1.82) is 0 Å². The average Bonchev–Trinajstić information content (AvgIpc) is 3.12. The number of hydrogen-bond donors (Lipinski definition) is 0. The molecule has 2 aliphatic rings. The van der Waals surface area contributed by atoms with Gasteiger partial charge in [-0.2, -0.15) is 11.3 Å². The van der Waals surface area contributed by atoms with Crippen LogP contribution in [0.5, 0.6) is 0 Å². The van der Waals surface area contributed by atoms with Gasteiger partial charge in [-0.1, -0.05) is 0 Å². The number of carbonyl (C=O) groups excluding carboxylic acids is 2. The Hall–Kier alpha value is -1.40. The molecule has 25 heavy (non-hydrogen) atoms. The van der Waals surface area contributed by atoms with Crippen molar-refractivity contribution in [1.82, 2.24) is 9.80 Å². The molecule has 1 aromatic rings. The fraction of sp³-hybridized carbons (Fsp3) is 0.684. The van der Waals surface area contributed by atoms with Crippen molar-refractivity contribution in [2.75, 3.05) is 26.2 Å². The summed E-state index contributed by atoms with van der Waals surface area (Å²) < 4.78 is 5.71. The van der Waals surface area contributed by atoms with Gasteiger partial charge < -0.3 is 14.5 Å². The van der Waals surface area contributed by atoms with Gasteiger partial charge in [-0.15, -0.1) is 0 Å². The number of aryl methyl sites for hydroxylation is 1. The average molecular weight is 365 g/mol. The minimum Gasteiger partial charge on any atom is -0.372 e. The quantitative estimate of drug-likeness (QED) is 0.825. The first-order valence-electron chi connectivity index (χ1n) is 9.26. The standard InChI is InChI=1S/C19H28N2O3S/c1-14-11-21(12-15(2)24-14)19(23)17-5-8-20(9-6-17)18(22)4-3-16-7-10-25-13-16/h7,10,13-15,17H,3-6,8-9,11-12H2,1-2H3/t14-,15-/m1/s1. The van der Waals surface area contributed by atoms with Crippen LogP contribution in [-0.4, -0.2) is 60.0 Å². The van der Waals surface area contributed by atoms with Crippen LogP contribution in [0.3, 0.4) is 0 Å². The number of thiophene rings is 1. The van der Waals surface area contributed by atoms with Gasteiger partial charge in [-0.25, -0.2) is 0 Å². The summed E-state index contributed by atoms with van der Waals surface area (Å²) in [5, 5.41) is 4.15. The molecule has 1 aromatic heterocycles. The second kappa shape index (κ2) is 8.32. The van der Waals surface area contributed by atoms with Crippen LogP contribution in [0.15, 0.2) is 16.8 Å². The third-order valence-electron chi connectivity index (χ3n) is 5.14. The van der Waals surface area contributed by atoms with Gasteiger partial charge in [0.1, 0.15) is 0 Å². The van der Waals surface area contributed by atoms with Crippen molar-refractivity contribution in [3.63, 3.8) is 0 Å². The molecule has 0 aliphatic carbocycles. The van der Waals surface area contributed by atoms with Gasteiger partial charge in [0.25, 0.3) is 0 Å². The summed E-state index contributed by atoms with van der Waals surface area (Å²) in [5.41, 5.74) is 1.24. The van der Waals surface area contributed by atoms with E-state index in [0.29, 0.717) is 32.6 Å². The normalized spacial score (nSPS) is 25.2. The number of ether oxygens (including phenoxy) is 1. The van der Waals surface area contributed by atoms with Gasteiger partial charge >= 0.3 is 0 Å². The van der Waals surface area contributed by atoms with Gasteiger partial charge in [0.05, 0.1) is 12.2 Å². The second-order valence-corrected chi connectivity index (χ2v) is 8.07. The maximum absolute atomic E-state index is 12.8. The van der Waals surface area contributed by atoms with E-state index >= 15 is 0 Å². The first kappa shape index (κ1) is 18.4. The molecule has 0 aromatic carbocycles. The first-order chi connectivity index (χ1) is 12.0. The molecule has 0 radical (unpaired) electrons. The fourth-order valence-corrected chi connectivity index (χ4v) is 4.54. The van der Waals surface area contributed by atoms with E-state index in [4.69, 9.17) is 4.74 Å². The third kappa shape index (κ3) is 4.82. The number of nitrogens with zero attached hydrogens (tertiary/aromatic N) is 2. The van der Waals surface area contributed by atoms with Gasteiger partial charge in [0.2, 0.25) is 11.8 Å². The number of carbonyl (C=O) groups is 2. The zero-order valence-corrected chi connectivity index (χ0v) is 16.0. The maximum atomic E-state index is 12.8. The largest absolute Gasteiger partial charge is 0.372 e. The molecule has 2 amide bonds. The summed E-state index contributed by atoms with van der Waals surface area (Å²) >= 11 is 1.67. The molecule has 2 fully saturated rings. The Balaban J connectivity index is 1.44. The number of hydrogen-bond acceptors (Lipinski definition) is 4. The number of piperidine rings is 1. The predicted octanol–water partition coefficient (Wildman–Crippen LogP) is 2.56. The van der Waals surface area contributed by atoms with Crippen LogP contribution >= 0.6 is 11.3 Å². The Bertz CT molecular complexity index is 571. The summed E-state index contributed by atoms with van der Waals surface area (Å²) in [6.45, 7) is 6.81. The lowest BCUT2D eigenvalue weighted by Crippen LogP contribution is -2.51. The molecule has 3 rings (SSSR count). The van der Waals surface area contributed by atoms with E-state index < -0.39 is 0 Å². The van der Waals surface area contributed by atoms with Crippen molar-refractivity contribution in [2.24, 2.45) is 5.92 Å². The lowest BCUT2D eigenvalue weighted by molar-refractivity contribution is -0.150. The van der Waals surface area contributed by atoms with Crippen LogP contribution in [0, 0.1) is 5.92 Å². The molecule has 2 aliphatic heterocycles. The predicted molar refractivity (Wildman–Crippen MR) is 98.5 cm³/mol. The van der Waals surface area contributed by atoms with E-state index in [1.165, 1.54) is 5.56 Å². The first-order valence-corrected chi connectivity index (χ1v) is 10.2. The van der Waals surface area contributed by atoms with E-state index in [9.17, 15) is 9.59 Å². The van der Waals surface area contributed by atoms with Gasteiger partial charge in [0, 0.05) is 38.5 Å². The smallest absolute Gasteiger partial charge is 0.225 e. The Morgan fingerprint density at radius 3 is 2.44 bits per heavy atom. The summed E-state index contributed by atoms with van der Waals surface area (Å²) in [5.74, 6) is 0.511. The van der Waals surface area contributed by atoms with E-state index in [1.54, 1.807) is 11.3 Å². The van der Waals surface area contributed by atoms with E-state index in [2.05, 4.69) is 11.4 Å². The molecule has 5 nitrogen and oxygen atoms in total. The van der Waals surface area contributed by atoms with Gasteiger partial charge in [-0.3, -0.25) is 9.59 Å². The molecule has 3 heterocycles. The Morgan fingerprint density at radius 2 is 1.84 bits per heavy atom. The molecule has 138 valence electrons. The summed E-state index contributed by atoms with van der Waals surface area (Å²) in [6.07, 6.45) is 3.14. The number of likely N-dealkylation sites (tertiary alicyclic amines) is 1. The van der Waals surface area contributed by atoms with E-state index in [0.717, 1.165) is 19.3 Å². The molecule has 0 saturated carbocycles. The van der Waals surface area contributed by atoms with Crippen molar-refractivity contribution in [3.8, 4) is 0 Å². The maximum Gasteiger partial charge on any atom is 0.225 e. The molecule has 6 heteroatoms. The highest BCUT2D eigenvalue weighted by molar-refractivity contribution is 7.07. The molecule has 0 unspecified atom stereocenters. The minimum absolute atomic E-state index is 0.0541. The SMILES string of the molecule is C[C@@H]1CN(C(=O)C2CCN(C(=O)CCc3ccsc3)CC2)C[C@@H](C)O1.